The Labute approximate surface area is 152 Å². The summed E-state index contributed by atoms with van der Waals surface area (Å²) in [5.74, 6) is -0.644. The van der Waals surface area contributed by atoms with Gasteiger partial charge in [0.1, 0.15) is 5.82 Å². The number of piperidine rings is 1. The van der Waals surface area contributed by atoms with E-state index in [0.29, 0.717) is 31.6 Å². The van der Waals surface area contributed by atoms with Crippen molar-refractivity contribution in [3.05, 3.63) is 54.3 Å². The second-order valence-electron chi connectivity index (χ2n) is 6.52. The van der Waals surface area contributed by atoms with E-state index in [1.807, 2.05) is 18.2 Å². The number of hydrogen-bond donors (Lipinski definition) is 1. The zero-order valence-electron chi connectivity index (χ0n) is 14.5. The average Bonchev–Trinajstić information content (AvgIpc) is 2.61. The number of rotatable bonds is 4. The van der Waals surface area contributed by atoms with E-state index in [4.69, 9.17) is 0 Å². The topological polar surface area (TPSA) is 66.5 Å². The van der Waals surface area contributed by atoms with Gasteiger partial charge in [0.2, 0.25) is 15.9 Å². The van der Waals surface area contributed by atoms with E-state index in [9.17, 15) is 17.6 Å². The van der Waals surface area contributed by atoms with Gasteiger partial charge in [0, 0.05) is 24.7 Å². The first-order chi connectivity index (χ1) is 12.3. The fraction of sp³-hybridized carbons (Fsp3) is 0.316. The summed E-state index contributed by atoms with van der Waals surface area (Å²) in [4.78, 5) is 12.5. The highest BCUT2D eigenvalue weighted by Gasteiger charge is 2.28. The van der Waals surface area contributed by atoms with Crippen LogP contribution in [-0.4, -0.2) is 38.0 Å². The van der Waals surface area contributed by atoms with Crippen molar-refractivity contribution in [2.45, 2.75) is 12.8 Å². The van der Waals surface area contributed by atoms with Crippen LogP contribution in [0.2, 0.25) is 0 Å². The number of nitrogens with zero attached hydrogens (tertiary/aromatic N) is 1. The van der Waals surface area contributed by atoms with Gasteiger partial charge >= 0.3 is 0 Å². The first-order valence-corrected chi connectivity index (χ1v) is 10.3. The molecule has 1 N–H and O–H groups in total. The third-order valence-corrected chi connectivity index (χ3v) is 5.88. The third-order valence-electron chi connectivity index (χ3n) is 4.58. The predicted molar refractivity (Wildman–Crippen MR) is 99.6 cm³/mol. The molecular formula is C19H21FN2O3S. The minimum absolute atomic E-state index is 0.116. The van der Waals surface area contributed by atoms with Gasteiger partial charge in [-0.25, -0.2) is 17.1 Å². The number of carbonyl (C=O) groups is 1. The summed E-state index contributed by atoms with van der Waals surface area (Å²) in [6.45, 7) is 0.723. The van der Waals surface area contributed by atoms with E-state index in [1.54, 1.807) is 18.2 Å². The largest absolute Gasteiger partial charge is 0.326 e. The highest BCUT2D eigenvalue weighted by Crippen LogP contribution is 2.25. The van der Waals surface area contributed by atoms with Crippen molar-refractivity contribution in [3.8, 4) is 11.1 Å². The van der Waals surface area contributed by atoms with Crippen molar-refractivity contribution >= 4 is 21.6 Å². The monoisotopic (exact) mass is 376 g/mol. The first-order valence-electron chi connectivity index (χ1n) is 8.45. The van der Waals surface area contributed by atoms with Gasteiger partial charge < -0.3 is 5.32 Å². The van der Waals surface area contributed by atoms with Crippen LogP contribution in [0.1, 0.15) is 12.8 Å². The number of carbonyl (C=O) groups excluding carboxylic acids is 1. The number of amides is 1. The van der Waals surface area contributed by atoms with Crippen LogP contribution in [0.3, 0.4) is 0 Å². The van der Waals surface area contributed by atoms with Crippen LogP contribution in [0.5, 0.6) is 0 Å². The molecule has 7 heteroatoms. The average molecular weight is 376 g/mol. The Bertz CT molecular complexity index is 907. The first kappa shape index (κ1) is 18.5. The van der Waals surface area contributed by atoms with Crippen LogP contribution in [0.4, 0.5) is 10.1 Å². The smallest absolute Gasteiger partial charge is 0.227 e. The summed E-state index contributed by atoms with van der Waals surface area (Å²) in [6.07, 6.45) is 2.19. The van der Waals surface area contributed by atoms with Gasteiger partial charge in [-0.1, -0.05) is 24.3 Å². The quantitative estimate of drug-likeness (QED) is 0.892. The molecule has 1 saturated heterocycles. The maximum Gasteiger partial charge on any atom is 0.227 e. The molecule has 0 unspecified atom stereocenters. The molecule has 2 aromatic rings. The Balaban J connectivity index is 1.66. The number of sulfonamides is 1. The number of nitrogens with one attached hydrogen (secondary N) is 1. The second-order valence-corrected chi connectivity index (χ2v) is 8.50. The molecular weight excluding hydrogens is 355 g/mol. The molecule has 1 aliphatic rings. The highest BCUT2D eigenvalue weighted by molar-refractivity contribution is 7.88. The Kier molecular flexibility index (Phi) is 5.38. The summed E-state index contributed by atoms with van der Waals surface area (Å²) in [6, 6.07) is 13.5. The van der Waals surface area contributed by atoms with E-state index in [0.717, 1.165) is 11.1 Å². The number of anilines is 1. The van der Waals surface area contributed by atoms with Gasteiger partial charge in [-0.15, -0.1) is 0 Å². The lowest BCUT2D eigenvalue weighted by Gasteiger charge is -2.29. The van der Waals surface area contributed by atoms with Gasteiger partial charge in [0.25, 0.3) is 0 Å². The van der Waals surface area contributed by atoms with Crippen molar-refractivity contribution in [1.29, 1.82) is 0 Å². The molecule has 0 spiro atoms. The van der Waals surface area contributed by atoms with E-state index < -0.39 is 10.0 Å². The molecule has 1 heterocycles. The molecule has 0 aromatic heterocycles. The minimum Gasteiger partial charge on any atom is -0.326 e. The number of benzene rings is 2. The van der Waals surface area contributed by atoms with E-state index in [1.165, 1.54) is 22.7 Å². The molecule has 5 nitrogen and oxygen atoms in total. The normalized spacial score (nSPS) is 16.4. The van der Waals surface area contributed by atoms with E-state index >= 15 is 0 Å². The minimum atomic E-state index is -3.20. The number of halogens is 1. The SMILES string of the molecule is CS(=O)(=O)N1CCC(C(=O)Nc2cccc(-c3cccc(F)c3)c2)CC1. The second kappa shape index (κ2) is 7.55. The molecule has 26 heavy (non-hydrogen) atoms. The van der Waals surface area contributed by atoms with Gasteiger partial charge in [-0.2, -0.15) is 0 Å². The van der Waals surface area contributed by atoms with Crippen molar-refractivity contribution < 1.29 is 17.6 Å². The van der Waals surface area contributed by atoms with Gasteiger partial charge in [0.05, 0.1) is 6.26 Å². The summed E-state index contributed by atoms with van der Waals surface area (Å²) in [5, 5.41) is 2.89. The van der Waals surface area contributed by atoms with Crippen molar-refractivity contribution in [1.82, 2.24) is 4.31 Å². The zero-order chi connectivity index (χ0) is 18.7. The zero-order valence-corrected chi connectivity index (χ0v) is 15.3. The standard InChI is InChI=1S/C19H21FN2O3S/c1-26(24,25)22-10-8-14(9-11-22)19(23)21-18-7-3-5-16(13-18)15-4-2-6-17(20)12-15/h2-7,12-14H,8-11H2,1H3,(H,21,23). The van der Waals surface area contributed by atoms with Crippen molar-refractivity contribution in [3.63, 3.8) is 0 Å². The molecule has 1 amide bonds. The fourth-order valence-electron chi connectivity index (χ4n) is 3.14. The van der Waals surface area contributed by atoms with E-state index in [2.05, 4.69) is 5.32 Å². The Morgan fingerprint density at radius 2 is 1.69 bits per heavy atom. The lowest BCUT2D eigenvalue weighted by molar-refractivity contribution is -0.120. The third kappa shape index (κ3) is 4.47. The maximum absolute atomic E-state index is 13.4. The van der Waals surface area contributed by atoms with Gasteiger partial charge in [-0.3, -0.25) is 4.79 Å². The molecule has 138 valence electrons. The van der Waals surface area contributed by atoms with Gasteiger partial charge in [-0.05, 0) is 48.2 Å². The molecule has 0 radical (unpaired) electrons. The van der Waals surface area contributed by atoms with Gasteiger partial charge in [0.15, 0.2) is 0 Å². The summed E-state index contributed by atoms with van der Waals surface area (Å²) < 4.78 is 37.9. The molecule has 0 aliphatic carbocycles. The van der Waals surface area contributed by atoms with Crippen LogP contribution >= 0.6 is 0 Å². The van der Waals surface area contributed by atoms with Crippen LogP contribution in [0.15, 0.2) is 48.5 Å². The predicted octanol–water partition coefficient (Wildman–Crippen LogP) is 3.10. The molecule has 0 bridgehead atoms. The van der Waals surface area contributed by atoms with Crippen molar-refractivity contribution in [2.24, 2.45) is 5.92 Å². The Hall–Kier alpha value is -2.25. The highest BCUT2D eigenvalue weighted by atomic mass is 32.2. The van der Waals surface area contributed by atoms with Crippen LogP contribution in [-0.2, 0) is 14.8 Å². The maximum atomic E-state index is 13.4. The Morgan fingerprint density at radius 3 is 2.31 bits per heavy atom. The van der Waals surface area contributed by atoms with Crippen LogP contribution < -0.4 is 5.32 Å². The molecule has 2 aromatic carbocycles. The van der Waals surface area contributed by atoms with Crippen molar-refractivity contribution in [2.75, 3.05) is 24.7 Å². The summed E-state index contributed by atoms with van der Waals surface area (Å²) in [5.41, 5.74) is 2.19. The Morgan fingerprint density at radius 1 is 1.08 bits per heavy atom. The van der Waals surface area contributed by atoms with E-state index in [-0.39, 0.29) is 17.6 Å². The summed E-state index contributed by atoms with van der Waals surface area (Å²) in [7, 11) is -3.20. The molecule has 0 atom stereocenters. The summed E-state index contributed by atoms with van der Waals surface area (Å²) >= 11 is 0. The molecule has 0 saturated carbocycles. The molecule has 1 fully saturated rings. The molecule has 3 rings (SSSR count). The van der Waals surface area contributed by atoms with Crippen LogP contribution in [0.25, 0.3) is 11.1 Å². The lowest BCUT2D eigenvalue weighted by atomic mass is 9.97. The number of hydrogen-bond acceptors (Lipinski definition) is 3. The fourth-order valence-corrected chi connectivity index (χ4v) is 4.01. The molecule has 1 aliphatic heterocycles. The lowest BCUT2D eigenvalue weighted by Crippen LogP contribution is -2.40. The van der Waals surface area contributed by atoms with Crippen LogP contribution in [0, 0.1) is 11.7 Å².